The predicted octanol–water partition coefficient (Wildman–Crippen LogP) is 2.39. The summed E-state index contributed by atoms with van der Waals surface area (Å²) in [6.07, 6.45) is 8.93. The molecule has 3 aliphatic heterocycles. The highest BCUT2D eigenvalue weighted by atomic mass is 16.3. The first-order valence-electron chi connectivity index (χ1n) is 11.7. The first-order valence-corrected chi connectivity index (χ1v) is 11.7. The molecule has 3 aliphatic rings. The number of likely N-dealkylation sites (tertiary alicyclic amines) is 1. The van der Waals surface area contributed by atoms with Crippen LogP contribution in [0.5, 0.6) is 0 Å². The van der Waals surface area contributed by atoms with Crippen molar-refractivity contribution in [3.8, 4) is 0 Å². The largest absolute Gasteiger partial charge is 0.483 e. The molecule has 4 rings (SSSR count). The number of rotatable bonds is 3. The molecule has 0 aromatic carbocycles. The Bertz CT molecular complexity index is 815. The van der Waals surface area contributed by atoms with Crippen LogP contribution in [0.1, 0.15) is 63.7 Å². The van der Waals surface area contributed by atoms with Gasteiger partial charge in [0.25, 0.3) is 12.4 Å². The molecule has 0 aliphatic carbocycles. The summed E-state index contributed by atoms with van der Waals surface area (Å²) in [6, 6.07) is 2.85. The fourth-order valence-corrected chi connectivity index (χ4v) is 5.73. The number of fused-ring (bicyclic) bond motifs is 4. The van der Waals surface area contributed by atoms with E-state index in [1.807, 2.05) is 18.5 Å². The number of aromatic nitrogens is 1. The number of carbonyl (C=O) groups excluding carboxylic acids is 2. The van der Waals surface area contributed by atoms with Crippen LogP contribution in [-0.2, 0) is 15.1 Å². The smallest absolute Gasteiger partial charge is 0.290 e. The Kier molecular flexibility index (Phi) is 7.64. The number of hydrogen-bond acceptors (Lipinski definition) is 4. The lowest BCUT2D eigenvalue weighted by atomic mass is 9.72. The van der Waals surface area contributed by atoms with Crippen LogP contribution in [0.3, 0.4) is 0 Å². The van der Waals surface area contributed by atoms with Gasteiger partial charge in [-0.05, 0) is 64.5 Å². The second kappa shape index (κ2) is 10.1. The number of carbonyl (C=O) groups is 3. The number of piperidine rings is 3. The molecule has 2 amide bonds. The molecule has 3 saturated heterocycles. The topological polar surface area (TPSA) is 94.9 Å². The molecule has 2 bridgehead atoms. The summed E-state index contributed by atoms with van der Waals surface area (Å²) >= 11 is 0. The molecular formula is C24H38N4O4. The molecule has 2 N–H and O–H groups in total. The van der Waals surface area contributed by atoms with Gasteiger partial charge in [-0.2, -0.15) is 0 Å². The molecule has 0 spiro atoms. The standard InChI is InChI=1S/C23H36N4O2.CH2O2/c1-16(28)24-12-21-19-11-18(20-7-5-6-9-27(20)21)13-25(14-19)22(29)17-8-10-26(15-17)23(2,3)4;2-1-3/h8,10,15,18-21H,5-7,9,11-14H2,1-4H3,(H,24,28);1H,(H,2,3)/t18-,19+,20+,21+;/m1./s1. The van der Waals surface area contributed by atoms with Crippen molar-refractivity contribution in [3.63, 3.8) is 0 Å². The summed E-state index contributed by atoms with van der Waals surface area (Å²) in [7, 11) is 0. The zero-order valence-corrected chi connectivity index (χ0v) is 19.8. The monoisotopic (exact) mass is 446 g/mol. The van der Waals surface area contributed by atoms with E-state index in [1.165, 1.54) is 25.7 Å². The van der Waals surface area contributed by atoms with Gasteiger partial charge >= 0.3 is 0 Å². The van der Waals surface area contributed by atoms with Gasteiger partial charge in [-0.1, -0.05) is 6.42 Å². The molecule has 1 aromatic heterocycles. The minimum Gasteiger partial charge on any atom is -0.483 e. The van der Waals surface area contributed by atoms with E-state index in [-0.39, 0.29) is 23.8 Å². The van der Waals surface area contributed by atoms with E-state index in [1.54, 1.807) is 6.92 Å². The average molecular weight is 447 g/mol. The fraction of sp³-hybridized carbons (Fsp3) is 0.708. The Balaban J connectivity index is 0.000000913. The highest BCUT2D eigenvalue weighted by Gasteiger charge is 2.47. The molecule has 178 valence electrons. The van der Waals surface area contributed by atoms with Crippen LogP contribution in [0.2, 0.25) is 0 Å². The van der Waals surface area contributed by atoms with E-state index in [0.717, 1.165) is 25.2 Å². The van der Waals surface area contributed by atoms with Gasteiger partial charge in [-0.3, -0.25) is 19.3 Å². The van der Waals surface area contributed by atoms with Crippen molar-refractivity contribution < 1.29 is 19.5 Å². The van der Waals surface area contributed by atoms with E-state index >= 15 is 0 Å². The van der Waals surface area contributed by atoms with Gasteiger partial charge < -0.3 is 19.9 Å². The Morgan fingerprint density at radius 1 is 1.22 bits per heavy atom. The average Bonchev–Trinajstić information content (AvgIpc) is 3.24. The van der Waals surface area contributed by atoms with E-state index in [0.29, 0.717) is 30.5 Å². The van der Waals surface area contributed by atoms with Gasteiger partial charge in [0.05, 0.1) is 5.56 Å². The summed E-state index contributed by atoms with van der Waals surface area (Å²) in [6.45, 7) is 11.3. The highest BCUT2D eigenvalue weighted by molar-refractivity contribution is 5.94. The molecule has 4 heterocycles. The van der Waals surface area contributed by atoms with Crippen LogP contribution >= 0.6 is 0 Å². The molecule has 0 saturated carbocycles. The van der Waals surface area contributed by atoms with Crippen LogP contribution in [0.4, 0.5) is 0 Å². The van der Waals surface area contributed by atoms with Crippen LogP contribution in [0.15, 0.2) is 18.5 Å². The Morgan fingerprint density at radius 3 is 2.53 bits per heavy atom. The normalized spacial score (nSPS) is 27.6. The highest BCUT2D eigenvalue weighted by Crippen LogP contribution is 2.41. The molecule has 4 atom stereocenters. The molecule has 3 fully saturated rings. The van der Waals surface area contributed by atoms with Crippen molar-refractivity contribution in [2.45, 2.75) is 71.0 Å². The number of amides is 2. The number of hydrogen-bond donors (Lipinski definition) is 2. The lowest BCUT2D eigenvalue weighted by molar-refractivity contribution is -0.123. The third kappa shape index (κ3) is 5.34. The van der Waals surface area contributed by atoms with Crippen molar-refractivity contribution in [2.24, 2.45) is 11.8 Å². The van der Waals surface area contributed by atoms with Gasteiger partial charge in [0.15, 0.2) is 0 Å². The van der Waals surface area contributed by atoms with Crippen LogP contribution in [0.25, 0.3) is 0 Å². The van der Waals surface area contributed by atoms with Gasteiger partial charge in [0, 0.05) is 56.6 Å². The van der Waals surface area contributed by atoms with Gasteiger partial charge in [-0.15, -0.1) is 0 Å². The van der Waals surface area contributed by atoms with Crippen molar-refractivity contribution in [1.82, 2.24) is 19.7 Å². The molecule has 0 radical (unpaired) electrons. The van der Waals surface area contributed by atoms with Crippen molar-refractivity contribution in [3.05, 3.63) is 24.0 Å². The minimum absolute atomic E-state index is 0.0248. The molecule has 0 unspecified atom stereocenters. The predicted molar refractivity (Wildman–Crippen MR) is 122 cm³/mol. The SMILES string of the molecule is CC(=O)NC[C@H]1[C@H]2C[C@H](CN(C(=O)c3ccn(C(C)(C)C)c3)C2)[C@@H]2CCCCN21.O=CO. The quantitative estimate of drug-likeness (QED) is 0.696. The van der Waals surface area contributed by atoms with Gasteiger partial charge in [0.2, 0.25) is 5.91 Å². The van der Waals surface area contributed by atoms with Crippen LogP contribution in [-0.4, -0.2) is 76.0 Å². The van der Waals surface area contributed by atoms with E-state index < -0.39 is 0 Å². The van der Waals surface area contributed by atoms with Crippen molar-refractivity contribution >= 4 is 18.3 Å². The third-order valence-electron chi connectivity index (χ3n) is 7.18. The van der Waals surface area contributed by atoms with Crippen molar-refractivity contribution in [2.75, 3.05) is 26.2 Å². The molecule has 32 heavy (non-hydrogen) atoms. The lowest BCUT2D eigenvalue weighted by Crippen LogP contribution is -2.66. The van der Waals surface area contributed by atoms with E-state index in [9.17, 15) is 9.59 Å². The summed E-state index contributed by atoms with van der Waals surface area (Å²) in [5.41, 5.74) is 0.766. The maximum Gasteiger partial charge on any atom is 0.290 e. The van der Waals surface area contributed by atoms with Gasteiger partial charge in [-0.25, -0.2) is 0 Å². The maximum atomic E-state index is 13.3. The van der Waals surface area contributed by atoms with E-state index in [2.05, 4.69) is 40.5 Å². The Labute approximate surface area is 190 Å². The molecule has 8 nitrogen and oxygen atoms in total. The first kappa shape index (κ1) is 24.3. The van der Waals surface area contributed by atoms with E-state index in [4.69, 9.17) is 9.90 Å². The zero-order valence-electron chi connectivity index (χ0n) is 19.8. The molecular weight excluding hydrogens is 408 g/mol. The summed E-state index contributed by atoms with van der Waals surface area (Å²) in [5, 5.41) is 9.95. The van der Waals surface area contributed by atoms with Crippen LogP contribution < -0.4 is 5.32 Å². The Morgan fingerprint density at radius 2 is 1.91 bits per heavy atom. The molecule has 1 aromatic rings. The van der Waals surface area contributed by atoms with Crippen LogP contribution in [0, 0.1) is 11.8 Å². The second-order valence-corrected chi connectivity index (χ2v) is 10.4. The Hall–Kier alpha value is -2.35. The second-order valence-electron chi connectivity index (χ2n) is 10.4. The summed E-state index contributed by atoms with van der Waals surface area (Å²) in [4.78, 5) is 38.0. The minimum atomic E-state index is -0.250. The number of nitrogens with zero attached hydrogens (tertiary/aromatic N) is 3. The van der Waals surface area contributed by atoms with Crippen molar-refractivity contribution in [1.29, 1.82) is 0 Å². The number of nitrogens with one attached hydrogen (secondary N) is 1. The van der Waals surface area contributed by atoms with Gasteiger partial charge in [0.1, 0.15) is 0 Å². The zero-order chi connectivity index (χ0) is 23.5. The third-order valence-corrected chi connectivity index (χ3v) is 7.18. The first-order chi connectivity index (χ1) is 15.2. The lowest BCUT2D eigenvalue weighted by Gasteiger charge is -2.56. The number of carboxylic acid groups (broad SMARTS) is 1. The summed E-state index contributed by atoms with van der Waals surface area (Å²) < 4.78 is 2.12. The maximum absolute atomic E-state index is 13.3. The summed E-state index contributed by atoms with van der Waals surface area (Å²) in [5.74, 6) is 1.18. The fourth-order valence-electron chi connectivity index (χ4n) is 5.73. The molecule has 8 heteroatoms.